The van der Waals surface area contributed by atoms with Crippen LogP contribution >= 0.6 is 0 Å². The zero-order valence-corrected chi connectivity index (χ0v) is 60.7. The van der Waals surface area contributed by atoms with Gasteiger partial charge in [0.15, 0.2) is 31.2 Å². The number of hydrogen-bond acceptors (Lipinski definition) is 26. The van der Waals surface area contributed by atoms with Gasteiger partial charge in [-0.2, -0.15) is 0 Å². The normalized spacial score (nSPS) is 12.3. The van der Waals surface area contributed by atoms with Crippen LogP contribution in [0.3, 0.4) is 0 Å². The summed E-state index contributed by atoms with van der Waals surface area (Å²) in [6.45, 7) is 9.57. The van der Waals surface area contributed by atoms with E-state index in [1.54, 1.807) is 74.8 Å². The topological polar surface area (TPSA) is 354 Å². The number of anilines is 1. The second-order valence-corrected chi connectivity index (χ2v) is 31.2. The number of halogens is 3. The predicted octanol–water partition coefficient (Wildman–Crippen LogP) is 12.3. The number of aryl methyl sites for hydroxylation is 2. The number of aromatic nitrogens is 12. The van der Waals surface area contributed by atoms with E-state index in [0.29, 0.717) is 64.6 Å². The van der Waals surface area contributed by atoms with Crippen LogP contribution in [0.2, 0.25) is 0 Å². The van der Waals surface area contributed by atoms with Crippen molar-refractivity contribution in [1.29, 1.82) is 0 Å². The largest absolute Gasteiger partial charge is 0.573 e. The Balaban J connectivity index is 0.000000288. The van der Waals surface area contributed by atoms with E-state index in [0.717, 1.165) is 58.1 Å². The summed E-state index contributed by atoms with van der Waals surface area (Å²) >= 11 is 0. The lowest BCUT2D eigenvalue weighted by Gasteiger charge is -2.19. The molecule has 0 saturated carbocycles. The molecule has 0 saturated heterocycles. The summed E-state index contributed by atoms with van der Waals surface area (Å²) in [5.74, 6) is 4.61. The van der Waals surface area contributed by atoms with Gasteiger partial charge in [0.05, 0.1) is 67.5 Å². The Kier molecular flexibility index (Phi) is 23.8. The van der Waals surface area contributed by atoms with Gasteiger partial charge < -0.3 is 44.6 Å². The Morgan fingerprint density at radius 3 is 1.26 bits per heavy atom. The molecule has 550 valence electrons. The number of nitrogens with zero attached hydrogens (tertiary/aromatic N) is 13. The Labute approximate surface area is 606 Å². The van der Waals surface area contributed by atoms with Crippen molar-refractivity contribution >= 4 is 40.9 Å². The molecule has 6 aromatic heterocycles. The van der Waals surface area contributed by atoms with E-state index in [4.69, 9.17) is 19.0 Å². The smallest absolute Gasteiger partial charge is 0.415 e. The van der Waals surface area contributed by atoms with Crippen LogP contribution in [0.5, 0.6) is 5.75 Å². The van der Waals surface area contributed by atoms with Crippen molar-refractivity contribution in [2.75, 3.05) is 59.5 Å². The molecular weight excluding hydrogens is 1400 g/mol. The molecule has 6 aromatic carbocycles. The van der Waals surface area contributed by atoms with Gasteiger partial charge in [0, 0.05) is 87.7 Å². The van der Waals surface area contributed by atoms with E-state index in [1.165, 1.54) is 24.6 Å². The van der Waals surface area contributed by atoms with Gasteiger partial charge in [0.2, 0.25) is 17.7 Å². The summed E-state index contributed by atoms with van der Waals surface area (Å²) in [5.41, 5.74) is 17.0. The van der Waals surface area contributed by atoms with Gasteiger partial charge in [0.25, 0.3) is 17.7 Å². The molecule has 6 heterocycles. The maximum Gasteiger partial charge on any atom is 0.573 e. The van der Waals surface area contributed by atoms with Crippen LogP contribution in [0.25, 0.3) is 103 Å². The lowest BCUT2D eigenvalue weighted by molar-refractivity contribution is -0.275. The maximum atomic E-state index is 13.2. The third-order valence-electron chi connectivity index (χ3n) is 15.8. The Morgan fingerprint density at radius 1 is 0.519 bits per heavy atom. The van der Waals surface area contributed by atoms with Gasteiger partial charge in [-0.05, 0) is 144 Å². The number of nitrogen functional groups attached to an aromatic ring is 1. The summed E-state index contributed by atoms with van der Waals surface area (Å²) < 4.78 is 123. The van der Waals surface area contributed by atoms with Crippen LogP contribution in [0.15, 0.2) is 186 Å². The molecule has 32 heteroatoms. The summed E-state index contributed by atoms with van der Waals surface area (Å²) in [6.07, 6.45) is 0.724. The fourth-order valence-corrected chi connectivity index (χ4v) is 13.3. The predicted molar refractivity (Wildman–Crippen MR) is 400 cm³/mol. The highest BCUT2D eigenvalue weighted by Crippen LogP contribution is 2.37. The molecule has 0 aliphatic heterocycles. The first-order valence-electron chi connectivity index (χ1n) is 32.1. The van der Waals surface area contributed by atoms with Crippen molar-refractivity contribution in [1.82, 2.24) is 81.3 Å². The van der Waals surface area contributed by atoms with Gasteiger partial charge in [0.1, 0.15) is 17.1 Å². The summed E-state index contributed by atoms with van der Waals surface area (Å²) in [5, 5.41) is 33.5. The first-order chi connectivity index (χ1) is 49.5. The fraction of sp³-hybridized carbons (Fsp3) is 0.236. The highest BCUT2D eigenvalue weighted by molar-refractivity contribution is 8.01. The summed E-state index contributed by atoms with van der Waals surface area (Å²) in [6, 6.07) is 40.2. The minimum Gasteiger partial charge on any atom is -0.415 e. The lowest BCUT2D eigenvalue weighted by atomic mass is 10.1. The number of alkyl halides is 3. The zero-order valence-electron chi connectivity index (χ0n) is 58.3. The van der Waals surface area contributed by atoms with Crippen LogP contribution in [0.1, 0.15) is 49.1 Å². The Hall–Kier alpha value is -10.9. The minimum atomic E-state index is -5.01. The molecule has 0 aliphatic carbocycles. The maximum absolute atomic E-state index is 13.2. The lowest BCUT2D eigenvalue weighted by Crippen LogP contribution is -2.21. The molecule has 0 aliphatic rings. The third kappa shape index (κ3) is 18.9. The molecule has 0 amide bonds. The molecule has 0 spiro atoms. The molecule has 0 bridgehead atoms. The van der Waals surface area contributed by atoms with Crippen molar-refractivity contribution in [3.63, 3.8) is 0 Å². The SMILES string of the molecule is C=S(=O)(c1ccc(-c2cnc(N)c(-c3nnc(-c4ccc(CNC)cc4)o3)n2)cc1OC(F)(F)F)C(C)C.CNCc1ccc(-c2nnc(-c3nc(-c4ccc(S(=O)(=O)CCN(C)C)cc4)cnc3C)o2)cc1.CNCc1ccc(-c2nnc(-c3nc(-c4ccc(S(C)(=O)=O)cc4)cnc3C)o2)cc1.[HH].[HH].[HH].[HH].[HH]. The van der Waals surface area contributed by atoms with Crippen LogP contribution in [0, 0.1) is 13.8 Å². The van der Waals surface area contributed by atoms with Crippen molar-refractivity contribution < 1.29 is 59.3 Å². The first kappa shape index (κ1) is 75.8. The number of nitrogens with two attached hydrogens (primary N) is 1. The Bertz CT molecular complexity index is 5350. The molecule has 1 unspecified atom stereocenters. The summed E-state index contributed by atoms with van der Waals surface area (Å²) in [4.78, 5) is 28.9. The Morgan fingerprint density at radius 2 is 0.875 bits per heavy atom. The molecular formula is C72H84F3N17O9S3. The molecule has 1 atom stereocenters. The number of hydrogen-bond donors (Lipinski definition) is 4. The van der Waals surface area contributed by atoms with Crippen molar-refractivity contribution in [3.05, 3.63) is 186 Å². The van der Waals surface area contributed by atoms with Crippen LogP contribution in [0.4, 0.5) is 19.0 Å². The van der Waals surface area contributed by atoms with Gasteiger partial charge >= 0.3 is 6.36 Å². The van der Waals surface area contributed by atoms with Crippen molar-refractivity contribution in [2.24, 2.45) is 0 Å². The van der Waals surface area contributed by atoms with Gasteiger partial charge in [-0.1, -0.05) is 80.6 Å². The van der Waals surface area contributed by atoms with Crippen LogP contribution in [-0.4, -0.2) is 158 Å². The van der Waals surface area contributed by atoms with Gasteiger partial charge in [-0.25, -0.2) is 36.8 Å². The average molecular weight is 1480 g/mol. The van der Waals surface area contributed by atoms with Gasteiger partial charge in [-0.15, -0.1) is 43.8 Å². The second kappa shape index (κ2) is 32.6. The van der Waals surface area contributed by atoms with E-state index in [9.17, 15) is 34.2 Å². The molecule has 12 aromatic rings. The standard InChI is InChI=1S/C25H25F3N6O3S.C25H28N6O3S.C22H21N5O3S.5H2/c1-14(2)38(4,35)20-10-9-17(11-19(20)37-25(26,27)28)18-13-31-22(29)21(32-18)24-34-33-23(36-24)16-7-5-15(6-8-16)12-30-3;1-17-23(25-30-29-24(34-25)20-7-5-18(6-8-20)15-26-2)28-22(16-27-17)19-9-11-21(12-10-19)35(32,33)14-13-31(3)4;1-14-20(22-27-26-21(30-22)17-6-4-15(5-7-17)12-23-2)25-19(13-24-14)16-8-10-18(11-9-16)31(3,28)29;;;;;/h5-11,13-14,30H,4,12H2,1-3H3,(H2,29,31);5-12,16,26H,13-15H2,1-4H3;4-11,13,23H,12H2,1-3H3;5*1H. The molecule has 26 nitrogen and oxygen atoms in total. The average Bonchev–Trinajstić information content (AvgIpc) is 1.62. The number of rotatable bonds is 23. The highest BCUT2D eigenvalue weighted by atomic mass is 32.2. The quantitative estimate of drug-likeness (QED) is 0.0432. The highest BCUT2D eigenvalue weighted by Gasteiger charge is 2.34. The molecule has 0 radical (unpaired) electrons. The van der Waals surface area contributed by atoms with E-state index >= 15 is 0 Å². The molecule has 5 N–H and O–H groups in total. The number of sulfone groups is 2. The van der Waals surface area contributed by atoms with E-state index < -0.39 is 46.6 Å². The van der Waals surface area contributed by atoms with Crippen LogP contribution in [-0.2, 0) is 48.8 Å². The minimum absolute atomic E-state index is 0. The van der Waals surface area contributed by atoms with E-state index in [-0.39, 0.29) is 73.9 Å². The monoisotopic (exact) mass is 1480 g/mol. The van der Waals surface area contributed by atoms with Crippen LogP contribution < -0.4 is 26.4 Å². The number of nitrogens with one attached hydrogen (secondary N) is 3. The zero-order chi connectivity index (χ0) is 74.7. The molecule has 12 rings (SSSR count). The molecule has 104 heavy (non-hydrogen) atoms. The van der Waals surface area contributed by atoms with Crippen molar-refractivity contribution in [2.45, 2.75) is 73.6 Å². The number of ether oxygens (including phenoxy) is 1. The fourth-order valence-electron chi connectivity index (χ4n) is 10.0. The molecule has 0 fully saturated rings. The summed E-state index contributed by atoms with van der Waals surface area (Å²) in [7, 11) is -0.361. The first-order valence-corrected chi connectivity index (χ1v) is 37.4. The van der Waals surface area contributed by atoms with E-state index in [2.05, 4.69) is 87.1 Å². The van der Waals surface area contributed by atoms with Crippen molar-refractivity contribution in [3.8, 4) is 109 Å². The number of benzene rings is 6. The van der Waals surface area contributed by atoms with E-state index in [1.807, 2.05) is 127 Å². The second-order valence-electron chi connectivity index (χ2n) is 24.2. The third-order valence-corrected chi connectivity index (χ3v) is 21.3. The van der Waals surface area contributed by atoms with Gasteiger partial charge in [-0.3, -0.25) is 14.2 Å².